The summed E-state index contributed by atoms with van der Waals surface area (Å²) in [6.07, 6.45) is 6.56. The summed E-state index contributed by atoms with van der Waals surface area (Å²) in [5, 5.41) is 10.0. The van der Waals surface area contributed by atoms with Crippen LogP contribution in [-0.4, -0.2) is 36.2 Å². The number of nitrogens with one attached hydrogen (secondary N) is 2. The van der Waals surface area contributed by atoms with Gasteiger partial charge < -0.3 is 10.6 Å². The van der Waals surface area contributed by atoms with Gasteiger partial charge in [-0.2, -0.15) is 0 Å². The van der Waals surface area contributed by atoms with Crippen molar-refractivity contribution in [1.29, 1.82) is 0 Å². The topological polar surface area (TPSA) is 58.2 Å². The highest BCUT2D eigenvalue weighted by atomic mass is 33.1. The number of hydrogen-bond acceptors (Lipinski definition) is 8. The van der Waals surface area contributed by atoms with Crippen molar-refractivity contribution in [2.45, 2.75) is 0 Å². The van der Waals surface area contributed by atoms with Gasteiger partial charge in [-0.3, -0.25) is 9.59 Å². The molecule has 2 heterocycles. The molecule has 0 aliphatic carbocycles. The molecule has 0 spiro atoms. The third kappa shape index (κ3) is 8.27. The largest absolute Gasteiger partial charge is 0.390 e. The minimum absolute atomic E-state index is 0.0335. The van der Waals surface area contributed by atoms with E-state index in [9.17, 15) is 9.59 Å². The zero-order valence-corrected chi connectivity index (χ0v) is 17.3. The molecule has 0 radical (unpaired) electrons. The normalized spacial score (nSPS) is 11.2. The van der Waals surface area contributed by atoms with Gasteiger partial charge in [-0.25, -0.2) is 0 Å². The van der Waals surface area contributed by atoms with Crippen molar-refractivity contribution in [3.8, 4) is 0 Å². The lowest BCUT2D eigenvalue weighted by molar-refractivity contribution is 0.104. The third-order valence-electron chi connectivity index (χ3n) is 2.98. The first-order valence-electron chi connectivity index (χ1n) is 7.97. The standard InChI is InChI=1S/C18H20N2O2S4/c21-15(17-3-1-11-23-17)5-7-19-9-13-25-26-14-10-20-8-6-16(22)18-4-2-12-24-18/h1-8,11-12,19-20H,9-10,13-14H2/b7-5-,8-6-. The molecule has 0 atom stereocenters. The van der Waals surface area contributed by atoms with Crippen LogP contribution in [0.4, 0.5) is 0 Å². The molecule has 0 fully saturated rings. The van der Waals surface area contributed by atoms with Crippen LogP contribution in [0.15, 0.2) is 59.6 Å². The molecule has 8 heteroatoms. The molecule has 0 aliphatic rings. The Morgan fingerprint density at radius 2 is 1.31 bits per heavy atom. The van der Waals surface area contributed by atoms with Crippen molar-refractivity contribution in [1.82, 2.24) is 10.6 Å². The lowest BCUT2D eigenvalue weighted by Gasteiger charge is -2.02. The van der Waals surface area contributed by atoms with E-state index in [1.807, 2.05) is 35.0 Å². The van der Waals surface area contributed by atoms with E-state index in [4.69, 9.17) is 0 Å². The van der Waals surface area contributed by atoms with Crippen LogP contribution in [0.5, 0.6) is 0 Å². The van der Waals surface area contributed by atoms with Crippen LogP contribution in [0.2, 0.25) is 0 Å². The molecule has 0 saturated heterocycles. The molecule has 0 amide bonds. The zero-order chi connectivity index (χ0) is 18.5. The van der Waals surface area contributed by atoms with Crippen LogP contribution in [0.1, 0.15) is 19.3 Å². The average molecular weight is 425 g/mol. The zero-order valence-electron chi connectivity index (χ0n) is 14.1. The second kappa shape index (κ2) is 12.8. The van der Waals surface area contributed by atoms with Crippen LogP contribution in [0.3, 0.4) is 0 Å². The van der Waals surface area contributed by atoms with Crippen molar-refractivity contribution in [3.63, 3.8) is 0 Å². The Labute approximate surface area is 169 Å². The molecule has 0 bridgehead atoms. The van der Waals surface area contributed by atoms with Gasteiger partial charge in [0, 0.05) is 49.1 Å². The van der Waals surface area contributed by atoms with E-state index >= 15 is 0 Å². The second-order valence-corrected chi connectivity index (χ2v) is 9.50. The summed E-state index contributed by atoms with van der Waals surface area (Å²) in [5.41, 5.74) is 0. The number of thiophene rings is 2. The van der Waals surface area contributed by atoms with Gasteiger partial charge in [0.2, 0.25) is 0 Å². The lowest BCUT2D eigenvalue weighted by atomic mass is 10.3. The van der Waals surface area contributed by atoms with E-state index in [0.29, 0.717) is 0 Å². The van der Waals surface area contributed by atoms with Gasteiger partial charge >= 0.3 is 0 Å². The second-order valence-electron chi connectivity index (χ2n) is 4.90. The van der Waals surface area contributed by atoms with E-state index in [1.54, 1.807) is 46.1 Å². The summed E-state index contributed by atoms with van der Waals surface area (Å²) in [4.78, 5) is 24.9. The number of ketones is 2. The van der Waals surface area contributed by atoms with E-state index in [-0.39, 0.29) is 11.6 Å². The van der Waals surface area contributed by atoms with Crippen LogP contribution in [0, 0.1) is 0 Å². The van der Waals surface area contributed by atoms with E-state index < -0.39 is 0 Å². The summed E-state index contributed by atoms with van der Waals surface area (Å²) in [5.74, 6) is 1.97. The number of carbonyl (C=O) groups is 2. The number of allylic oxidation sites excluding steroid dienone is 2. The maximum atomic E-state index is 11.7. The molecule has 26 heavy (non-hydrogen) atoms. The van der Waals surface area contributed by atoms with E-state index in [1.165, 1.54) is 22.7 Å². The molecule has 0 aromatic carbocycles. The highest BCUT2D eigenvalue weighted by Crippen LogP contribution is 2.19. The summed E-state index contributed by atoms with van der Waals surface area (Å²) >= 11 is 2.90. The van der Waals surface area contributed by atoms with E-state index in [2.05, 4.69) is 10.6 Å². The fraction of sp³-hybridized carbons (Fsp3) is 0.222. The molecule has 2 rings (SSSR count). The molecule has 4 nitrogen and oxygen atoms in total. The number of carbonyl (C=O) groups excluding carboxylic acids is 2. The predicted octanol–water partition coefficient (Wildman–Crippen LogP) is 4.46. The Bertz CT molecular complexity index is 647. The lowest BCUT2D eigenvalue weighted by Crippen LogP contribution is -2.11. The Hall–Kier alpha value is -1.48. The first kappa shape index (κ1) is 20.8. The monoisotopic (exact) mass is 424 g/mol. The average Bonchev–Trinajstić information content (AvgIpc) is 3.35. The maximum absolute atomic E-state index is 11.7. The Kier molecular flexibility index (Phi) is 10.3. The van der Waals surface area contributed by atoms with Crippen LogP contribution in [-0.2, 0) is 0 Å². The van der Waals surface area contributed by atoms with Gasteiger partial charge in [0.25, 0.3) is 0 Å². The van der Waals surface area contributed by atoms with Gasteiger partial charge in [0.1, 0.15) is 0 Å². The Morgan fingerprint density at radius 1 is 0.846 bits per heavy atom. The quantitative estimate of drug-likeness (QED) is 0.214. The van der Waals surface area contributed by atoms with Crippen molar-refractivity contribution in [2.75, 3.05) is 24.6 Å². The van der Waals surface area contributed by atoms with Crippen LogP contribution in [0.25, 0.3) is 0 Å². The number of rotatable bonds is 13. The van der Waals surface area contributed by atoms with Crippen molar-refractivity contribution in [2.24, 2.45) is 0 Å². The first-order chi connectivity index (χ1) is 12.8. The van der Waals surface area contributed by atoms with Crippen molar-refractivity contribution < 1.29 is 9.59 Å². The summed E-state index contributed by atoms with van der Waals surface area (Å²) in [6.45, 7) is 1.63. The van der Waals surface area contributed by atoms with Gasteiger partial charge in [-0.1, -0.05) is 33.7 Å². The summed E-state index contributed by atoms with van der Waals surface area (Å²) in [7, 11) is 3.56. The SMILES string of the molecule is O=C(/C=C\NCCSSCCN/C=C\C(=O)c1cccs1)c1cccs1. The summed E-state index contributed by atoms with van der Waals surface area (Å²) in [6, 6.07) is 7.40. The maximum Gasteiger partial charge on any atom is 0.197 e. The Balaban J connectivity index is 1.41. The highest BCUT2D eigenvalue weighted by Gasteiger charge is 2.01. The fourth-order valence-electron chi connectivity index (χ4n) is 1.76. The van der Waals surface area contributed by atoms with Crippen molar-refractivity contribution in [3.05, 3.63) is 69.3 Å². The van der Waals surface area contributed by atoms with Gasteiger partial charge in [-0.05, 0) is 22.9 Å². The molecule has 0 unspecified atom stereocenters. The Morgan fingerprint density at radius 3 is 1.69 bits per heavy atom. The van der Waals surface area contributed by atoms with Crippen LogP contribution < -0.4 is 10.6 Å². The molecule has 2 N–H and O–H groups in total. The smallest absolute Gasteiger partial charge is 0.197 e. The molecule has 2 aromatic heterocycles. The minimum atomic E-state index is 0.0335. The van der Waals surface area contributed by atoms with Gasteiger partial charge in [-0.15, -0.1) is 22.7 Å². The fourth-order valence-corrected chi connectivity index (χ4v) is 4.89. The number of hydrogen-bond donors (Lipinski definition) is 2. The van der Waals surface area contributed by atoms with Crippen molar-refractivity contribution >= 4 is 55.8 Å². The van der Waals surface area contributed by atoms with Gasteiger partial charge in [0.15, 0.2) is 11.6 Å². The molecule has 0 aliphatic heterocycles. The molecule has 2 aromatic rings. The predicted molar refractivity (Wildman–Crippen MR) is 117 cm³/mol. The third-order valence-corrected chi connectivity index (χ3v) is 7.15. The molecular weight excluding hydrogens is 404 g/mol. The molecular formula is C18H20N2O2S4. The summed E-state index contributed by atoms with van der Waals surface area (Å²) < 4.78 is 0. The van der Waals surface area contributed by atoms with Gasteiger partial charge in [0.05, 0.1) is 9.75 Å². The minimum Gasteiger partial charge on any atom is -0.390 e. The molecule has 138 valence electrons. The van der Waals surface area contributed by atoms with E-state index in [0.717, 1.165) is 34.3 Å². The highest BCUT2D eigenvalue weighted by molar-refractivity contribution is 8.76. The first-order valence-corrected chi connectivity index (χ1v) is 12.2. The van der Waals surface area contributed by atoms with Crippen LogP contribution >= 0.6 is 44.3 Å². The molecule has 0 saturated carbocycles.